The summed E-state index contributed by atoms with van der Waals surface area (Å²) in [4.78, 5) is 0. The summed E-state index contributed by atoms with van der Waals surface area (Å²) in [6, 6.07) is 11.2. The summed E-state index contributed by atoms with van der Waals surface area (Å²) in [6.07, 6.45) is 1.30. The Bertz CT molecular complexity index is 724. The Labute approximate surface area is 121 Å². The fraction of sp³-hybridized carbons (Fsp3) is 0.286. The van der Waals surface area contributed by atoms with Gasteiger partial charge >= 0.3 is 0 Å². The van der Waals surface area contributed by atoms with Crippen molar-refractivity contribution in [1.82, 2.24) is 25.3 Å². The van der Waals surface area contributed by atoms with Gasteiger partial charge in [0.25, 0.3) is 0 Å². The SMILES string of the molecule is C[C@@H](O)CCc1ccc(Oc2ccc3nnnn3n2)cc1. The van der Waals surface area contributed by atoms with Crippen LogP contribution in [0.15, 0.2) is 36.4 Å². The number of tetrazole rings is 1. The third-order valence-corrected chi connectivity index (χ3v) is 3.04. The third-order valence-electron chi connectivity index (χ3n) is 3.04. The van der Waals surface area contributed by atoms with E-state index in [1.807, 2.05) is 24.3 Å². The maximum atomic E-state index is 9.28. The summed E-state index contributed by atoms with van der Waals surface area (Å²) in [7, 11) is 0. The quantitative estimate of drug-likeness (QED) is 0.766. The normalized spacial score (nSPS) is 12.5. The highest BCUT2D eigenvalue weighted by Gasteiger charge is 2.04. The first kappa shape index (κ1) is 13.4. The van der Waals surface area contributed by atoms with Crippen molar-refractivity contribution in [3.8, 4) is 11.6 Å². The van der Waals surface area contributed by atoms with Crippen molar-refractivity contribution in [3.05, 3.63) is 42.0 Å². The van der Waals surface area contributed by atoms with Crippen LogP contribution in [0.3, 0.4) is 0 Å². The van der Waals surface area contributed by atoms with Crippen LogP contribution in [0, 0.1) is 0 Å². The molecule has 0 aliphatic rings. The zero-order chi connectivity index (χ0) is 14.7. The Morgan fingerprint density at radius 2 is 2.00 bits per heavy atom. The fourth-order valence-corrected chi connectivity index (χ4v) is 1.91. The molecule has 7 heteroatoms. The van der Waals surface area contributed by atoms with Crippen molar-refractivity contribution >= 4 is 5.65 Å². The Morgan fingerprint density at radius 1 is 1.19 bits per heavy atom. The highest BCUT2D eigenvalue weighted by Crippen LogP contribution is 2.20. The van der Waals surface area contributed by atoms with E-state index in [1.165, 1.54) is 4.63 Å². The number of ether oxygens (including phenoxy) is 1. The van der Waals surface area contributed by atoms with Gasteiger partial charge in [-0.3, -0.25) is 0 Å². The molecule has 0 spiro atoms. The van der Waals surface area contributed by atoms with Crippen molar-refractivity contribution in [2.75, 3.05) is 0 Å². The predicted octanol–water partition coefficient (Wildman–Crippen LogP) is 1.62. The number of hydrogen-bond acceptors (Lipinski definition) is 6. The molecular formula is C14H15N5O2. The van der Waals surface area contributed by atoms with E-state index in [1.54, 1.807) is 19.1 Å². The van der Waals surface area contributed by atoms with Gasteiger partial charge in [-0.15, -0.1) is 14.8 Å². The number of rotatable bonds is 5. The molecular weight excluding hydrogens is 270 g/mol. The van der Waals surface area contributed by atoms with Gasteiger partial charge in [0.15, 0.2) is 5.65 Å². The van der Waals surface area contributed by atoms with E-state index in [-0.39, 0.29) is 6.10 Å². The summed E-state index contributed by atoms with van der Waals surface area (Å²) in [5.74, 6) is 1.11. The summed E-state index contributed by atoms with van der Waals surface area (Å²) in [5, 5.41) is 24.4. The number of fused-ring (bicyclic) bond motifs is 1. The van der Waals surface area contributed by atoms with Crippen LogP contribution >= 0.6 is 0 Å². The smallest absolute Gasteiger partial charge is 0.239 e. The van der Waals surface area contributed by atoms with Gasteiger partial charge in [-0.1, -0.05) is 12.1 Å². The molecule has 2 aromatic heterocycles. The van der Waals surface area contributed by atoms with Crippen LogP contribution in [0.25, 0.3) is 5.65 Å². The van der Waals surface area contributed by atoms with E-state index in [4.69, 9.17) is 4.74 Å². The molecule has 1 atom stereocenters. The van der Waals surface area contributed by atoms with Crippen LogP contribution in [-0.4, -0.2) is 36.5 Å². The van der Waals surface area contributed by atoms with E-state index in [0.717, 1.165) is 18.4 Å². The molecule has 0 unspecified atom stereocenters. The van der Waals surface area contributed by atoms with Crippen molar-refractivity contribution in [3.63, 3.8) is 0 Å². The van der Waals surface area contributed by atoms with Gasteiger partial charge in [-0.05, 0) is 54.0 Å². The van der Waals surface area contributed by atoms with E-state index in [9.17, 15) is 5.11 Å². The van der Waals surface area contributed by atoms with Gasteiger partial charge in [0, 0.05) is 6.07 Å². The van der Waals surface area contributed by atoms with Crippen LogP contribution in [0.5, 0.6) is 11.6 Å². The molecule has 0 fully saturated rings. The van der Waals surface area contributed by atoms with E-state index in [2.05, 4.69) is 20.6 Å². The lowest BCUT2D eigenvalue weighted by atomic mass is 10.1. The summed E-state index contributed by atoms with van der Waals surface area (Å²) < 4.78 is 6.97. The molecule has 1 aromatic carbocycles. The second-order valence-electron chi connectivity index (χ2n) is 4.83. The monoisotopic (exact) mass is 285 g/mol. The van der Waals surface area contributed by atoms with E-state index in [0.29, 0.717) is 17.3 Å². The van der Waals surface area contributed by atoms with Crippen LogP contribution in [0.2, 0.25) is 0 Å². The van der Waals surface area contributed by atoms with Crippen molar-refractivity contribution < 1.29 is 9.84 Å². The highest BCUT2D eigenvalue weighted by molar-refractivity contribution is 5.36. The van der Waals surface area contributed by atoms with Crippen LogP contribution in [0.1, 0.15) is 18.9 Å². The first-order valence-electron chi connectivity index (χ1n) is 6.71. The van der Waals surface area contributed by atoms with Crippen LogP contribution in [-0.2, 0) is 6.42 Å². The lowest BCUT2D eigenvalue weighted by molar-refractivity contribution is 0.185. The number of aryl methyl sites for hydroxylation is 1. The minimum atomic E-state index is -0.284. The summed E-state index contributed by atoms with van der Waals surface area (Å²) in [5.41, 5.74) is 1.72. The maximum absolute atomic E-state index is 9.28. The van der Waals surface area contributed by atoms with Crippen molar-refractivity contribution in [2.45, 2.75) is 25.9 Å². The molecule has 108 valence electrons. The second-order valence-corrected chi connectivity index (χ2v) is 4.83. The zero-order valence-corrected chi connectivity index (χ0v) is 11.5. The molecule has 21 heavy (non-hydrogen) atoms. The molecule has 3 aromatic rings. The van der Waals surface area contributed by atoms with Gasteiger partial charge in [-0.25, -0.2) is 0 Å². The van der Waals surface area contributed by atoms with Gasteiger partial charge in [0.2, 0.25) is 5.88 Å². The van der Waals surface area contributed by atoms with E-state index < -0.39 is 0 Å². The minimum absolute atomic E-state index is 0.284. The van der Waals surface area contributed by atoms with Gasteiger partial charge in [0.05, 0.1) is 6.10 Å². The van der Waals surface area contributed by atoms with Gasteiger partial charge in [0.1, 0.15) is 5.75 Å². The van der Waals surface area contributed by atoms with Crippen LogP contribution in [0.4, 0.5) is 0 Å². The zero-order valence-electron chi connectivity index (χ0n) is 11.5. The maximum Gasteiger partial charge on any atom is 0.239 e. The molecule has 7 nitrogen and oxygen atoms in total. The molecule has 3 rings (SSSR count). The molecule has 1 N–H and O–H groups in total. The lowest BCUT2D eigenvalue weighted by Crippen LogP contribution is -2.01. The molecule has 0 saturated carbocycles. The topological polar surface area (TPSA) is 85.4 Å². The molecule has 0 radical (unpaired) electrons. The molecule has 0 amide bonds. The number of benzene rings is 1. The number of aliphatic hydroxyl groups is 1. The lowest BCUT2D eigenvalue weighted by Gasteiger charge is -2.07. The summed E-state index contributed by atoms with van der Waals surface area (Å²) >= 11 is 0. The number of hydrogen-bond donors (Lipinski definition) is 1. The van der Waals surface area contributed by atoms with Crippen molar-refractivity contribution in [2.24, 2.45) is 0 Å². The summed E-state index contributed by atoms with van der Waals surface area (Å²) in [6.45, 7) is 1.79. The Kier molecular flexibility index (Phi) is 3.74. The predicted molar refractivity (Wildman–Crippen MR) is 75.1 cm³/mol. The van der Waals surface area contributed by atoms with Crippen molar-refractivity contribution in [1.29, 1.82) is 0 Å². The largest absolute Gasteiger partial charge is 0.438 e. The average molecular weight is 285 g/mol. The standard InChI is InChI=1S/C14H15N5O2/c1-10(20)2-3-11-4-6-12(7-5-11)21-14-9-8-13-15-17-18-19(13)16-14/h4-10,20H,2-3H2,1H3/t10-/m1/s1. The molecule has 2 heterocycles. The van der Waals surface area contributed by atoms with Gasteiger partial charge < -0.3 is 9.84 Å². The molecule has 0 saturated heterocycles. The Hall–Kier alpha value is -2.54. The fourth-order valence-electron chi connectivity index (χ4n) is 1.91. The third kappa shape index (κ3) is 3.32. The minimum Gasteiger partial charge on any atom is -0.438 e. The number of aliphatic hydroxyl groups excluding tert-OH is 1. The van der Waals surface area contributed by atoms with E-state index >= 15 is 0 Å². The Balaban J connectivity index is 1.69. The number of nitrogens with zero attached hydrogens (tertiary/aromatic N) is 5. The molecule has 0 aliphatic carbocycles. The number of aromatic nitrogens is 5. The van der Waals surface area contributed by atoms with Crippen LogP contribution < -0.4 is 4.74 Å². The van der Waals surface area contributed by atoms with Gasteiger partial charge in [-0.2, -0.15) is 0 Å². The first-order chi connectivity index (χ1) is 10.2. The first-order valence-corrected chi connectivity index (χ1v) is 6.71. The molecule has 0 aliphatic heterocycles. The highest BCUT2D eigenvalue weighted by atomic mass is 16.5. The Morgan fingerprint density at radius 3 is 2.76 bits per heavy atom. The molecule has 0 bridgehead atoms. The average Bonchev–Trinajstić information content (AvgIpc) is 2.94. The second kappa shape index (κ2) is 5.84.